The molecular weight excluding hydrogens is 322 g/mol. The van der Waals surface area contributed by atoms with Crippen molar-refractivity contribution in [3.05, 3.63) is 59.2 Å². The van der Waals surface area contributed by atoms with E-state index in [2.05, 4.69) is 45.2 Å². The van der Waals surface area contributed by atoms with Crippen molar-refractivity contribution < 1.29 is 14.4 Å². The van der Waals surface area contributed by atoms with Crippen LogP contribution in [0.15, 0.2) is 42.5 Å². The van der Waals surface area contributed by atoms with Gasteiger partial charge in [-0.3, -0.25) is 0 Å². The van der Waals surface area contributed by atoms with E-state index < -0.39 is 0 Å². The standard InChI is InChI=1S/C23H31NO2/c1-5-25-23-15-20-19(11-12-24(4)21(20)13-17(2)3)14-22(23)26-16-18-9-7-6-8-10-18/h6-10,14-15,17,21H,5,11-13,16H2,1-4H3/p+1. The molecule has 2 unspecified atom stereocenters. The second kappa shape index (κ2) is 8.59. The van der Waals surface area contributed by atoms with Crippen LogP contribution in [0.1, 0.15) is 49.9 Å². The second-order valence-electron chi connectivity index (χ2n) is 7.73. The van der Waals surface area contributed by atoms with E-state index in [1.807, 2.05) is 25.1 Å². The number of fused-ring (bicyclic) bond motifs is 1. The van der Waals surface area contributed by atoms with Crippen LogP contribution in [-0.2, 0) is 13.0 Å². The van der Waals surface area contributed by atoms with E-state index in [0.29, 0.717) is 25.2 Å². The molecule has 2 atom stereocenters. The van der Waals surface area contributed by atoms with Crippen molar-refractivity contribution in [2.75, 3.05) is 20.2 Å². The Hall–Kier alpha value is -2.00. The number of rotatable bonds is 7. The SMILES string of the molecule is CCOc1cc2c(cc1OCc1ccccc1)CC[NH+](C)C2CC(C)C. The summed E-state index contributed by atoms with van der Waals surface area (Å²) in [5.74, 6) is 2.44. The highest BCUT2D eigenvalue weighted by Gasteiger charge is 2.30. The van der Waals surface area contributed by atoms with Crippen molar-refractivity contribution in [3.8, 4) is 11.5 Å². The van der Waals surface area contributed by atoms with Crippen molar-refractivity contribution in [1.82, 2.24) is 0 Å². The van der Waals surface area contributed by atoms with Gasteiger partial charge in [-0.15, -0.1) is 0 Å². The normalized spacial score (nSPS) is 19.3. The van der Waals surface area contributed by atoms with E-state index in [-0.39, 0.29) is 0 Å². The molecule has 0 bridgehead atoms. The number of benzene rings is 2. The molecule has 2 aromatic carbocycles. The number of likely N-dealkylation sites (N-methyl/N-ethyl adjacent to an activating group) is 1. The third kappa shape index (κ3) is 4.39. The van der Waals surface area contributed by atoms with E-state index in [4.69, 9.17) is 9.47 Å². The van der Waals surface area contributed by atoms with Gasteiger partial charge < -0.3 is 14.4 Å². The maximum atomic E-state index is 6.15. The third-order valence-corrected chi connectivity index (χ3v) is 5.21. The fourth-order valence-electron chi connectivity index (χ4n) is 3.85. The molecule has 26 heavy (non-hydrogen) atoms. The molecule has 0 amide bonds. The van der Waals surface area contributed by atoms with E-state index in [1.54, 1.807) is 4.90 Å². The molecule has 1 heterocycles. The van der Waals surface area contributed by atoms with Crippen LogP contribution in [0.25, 0.3) is 0 Å². The summed E-state index contributed by atoms with van der Waals surface area (Å²) in [4.78, 5) is 1.60. The molecule has 140 valence electrons. The van der Waals surface area contributed by atoms with Gasteiger partial charge in [-0.05, 0) is 36.1 Å². The Kier molecular flexibility index (Phi) is 6.20. The lowest BCUT2D eigenvalue weighted by molar-refractivity contribution is -0.915. The predicted octanol–water partition coefficient (Wildman–Crippen LogP) is 3.82. The molecule has 0 aliphatic carbocycles. The molecule has 1 aliphatic rings. The smallest absolute Gasteiger partial charge is 0.161 e. The number of hydrogen-bond acceptors (Lipinski definition) is 2. The van der Waals surface area contributed by atoms with Crippen LogP contribution in [0.3, 0.4) is 0 Å². The molecule has 0 aromatic heterocycles. The van der Waals surface area contributed by atoms with Crippen LogP contribution in [0.2, 0.25) is 0 Å². The fraction of sp³-hybridized carbons (Fsp3) is 0.478. The zero-order valence-corrected chi connectivity index (χ0v) is 16.5. The molecule has 1 aliphatic heterocycles. The largest absolute Gasteiger partial charge is 0.490 e. The second-order valence-corrected chi connectivity index (χ2v) is 7.73. The van der Waals surface area contributed by atoms with Gasteiger partial charge in [0, 0.05) is 18.4 Å². The van der Waals surface area contributed by atoms with Gasteiger partial charge in [-0.25, -0.2) is 0 Å². The van der Waals surface area contributed by atoms with Crippen molar-refractivity contribution in [2.45, 2.75) is 46.3 Å². The summed E-state index contributed by atoms with van der Waals surface area (Å²) in [6.45, 7) is 9.04. The van der Waals surface area contributed by atoms with E-state index in [1.165, 1.54) is 29.7 Å². The van der Waals surface area contributed by atoms with Crippen LogP contribution in [0, 0.1) is 5.92 Å². The number of nitrogens with one attached hydrogen (secondary N) is 1. The van der Waals surface area contributed by atoms with Crippen LogP contribution in [0.5, 0.6) is 11.5 Å². The predicted molar refractivity (Wildman–Crippen MR) is 106 cm³/mol. The molecule has 2 aromatic rings. The van der Waals surface area contributed by atoms with Gasteiger partial charge in [-0.1, -0.05) is 44.2 Å². The summed E-state index contributed by atoms with van der Waals surface area (Å²) in [5, 5.41) is 0. The Bertz CT molecular complexity index is 712. The molecule has 0 spiro atoms. The van der Waals surface area contributed by atoms with Crippen molar-refractivity contribution in [1.29, 1.82) is 0 Å². The third-order valence-electron chi connectivity index (χ3n) is 5.21. The van der Waals surface area contributed by atoms with Crippen LogP contribution in [-0.4, -0.2) is 20.2 Å². The van der Waals surface area contributed by atoms with E-state index >= 15 is 0 Å². The maximum absolute atomic E-state index is 6.15. The van der Waals surface area contributed by atoms with Crippen molar-refractivity contribution in [3.63, 3.8) is 0 Å². The summed E-state index contributed by atoms with van der Waals surface area (Å²) in [7, 11) is 2.32. The zero-order chi connectivity index (χ0) is 18.5. The van der Waals surface area contributed by atoms with Crippen LogP contribution < -0.4 is 14.4 Å². The van der Waals surface area contributed by atoms with E-state index in [0.717, 1.165) is 17.9 Å². The highest BCUT2D eigenvalue weighted by Crippen LogP contribution is 2.36. The molecule has 0 saturated carbocycles. The van der Waals surface area contributed by atoms with Gasteiger partial charge in [0.2, 0.25) is 0 Å². The summed E-state index contributed by atoms with van der Waals surface area (Å²) >= 11 is 0. The highest BCUT2D eigenvalue weighted by atomic mass is 16.5. The topological polar surface area (TPSA) is 22.9 Å². The Labute approximate surface area is 157 Å². The Morgan fingerprint density at radius 3 is 2.50 bits per heavy atom. The molecule has 0 saturated heterocycles. The van der Waals surface area contributed by atoms with Gasteiger partial charge in [0.1, 0.15) is 12.6 Å². The maximum Gasteiger partial charge on any atom is 0.161 e. The van der Waals surface area contributed by atoms with E-state index in [9.17, 15) is 0 Å². The molecule has 1 N–H and O–H groups in total. The van der Waals surface area contributed by atoms with Gasteiger partial charge in [-0.2, -0.15) is 0 Å². The lowest BCUT2D eigenvalue weighted by atomic mass is 9.87. The monoisotopic (exact) mass is 354 g/mol. The molecule has 0 fully saturated rings. The lowest BCUT2D eigenvalue weighted by Crippen LogP contribution is -3.10. The first-order valence-electron chi connectivity index (χ1n) is 9.87. The van der Waals surface area contributed by atoms with Gasteiger partial charge in [0.25, 0.3) is 0 Å². The minimum Gasteiger partial charge on any atom is -0.490 e. The average molecular weight is 355 g/mol. The quantitative estimate of drug-likeness (QED) is 0.817. The van der Waals surface area contributed by atoms with Crippen molar-refractivity contribution in [2.24, 2.45) is 5.92 Å². The number of hydrogen-bond donors (Lipinski definition) is 1. The van der Waals surface area contributed by atoms with Gasteiger partial charge >= 0.3 is 0 Å². The number of quaternary nitrogens is 1. The zero-order valence-electron chi connectivity index (χ0n) is 16.5. The Balaban J connectivity index is 1.88. The Morgan fingerprint density at radius 2 is 1.81 bits per heavy atom. The fourth-order valence-corrected chi connectivity index (χ4v) is 3.85. The lowest BCUT2D eigenvalue weighted by Gasteiger charge is -2.33. The van der Waals surface area contributed by atoms with Crippen LogP contribution >= 0.6 is 0 Å². The minimum atomic E-state index is 0.543. The molecule has 3 heteroatoms. The van der Waals surface area contributed by atoms with Crippen molar-refractivity contribution >= 4 is 0 Å². The average Bonchev–Trinajstić information content (AvgIpc) is 2.63. The molecular formula is C23H32NO2+. The first-order valence-corrected chi connectivity index (χ1v) is 9.87. The Morgan fingerprint density at radius 1 is 1.08 bits per heavy atom. The summed E-state index contributed by atoms with van der Waals surface area (Å²) < 4.78 is 12.1. The number of ether oxygens (including phenoxy) is 2. The van der Waals surface area contributed by atoms with Crippen LogP contribution in [0.4, 0.5) is 0 Å². The van der Waals surface area contributed by atoms with Gasteiger partial charge in [0.05, 0.1) is 20.2 Å². The highest BCUT2D eigenvalue weighted by molar-refractivity contribution is 5.49. The summed E-state index contributed by atoms with van der Waals surface area (Å²) in [5.41, 5.74) is 4.04. The molecule has 3 rings (SSSR count). The first-order chi connectivity index (χ1) is 12.6. The molecule has 3 nitrogen and oxygen atoms in total. The van der Waals surface area contributed by atoms with Gasteiger partial charge in [0.15, 0.2) is 11.5 Å². The minimum absolute atomic E-state index is 0.543. The first kappa shape index (κ1) is 18.8. The molecule has 0 radical (unpaired) electrons. The summed E-state index contributed by atoms with van der Waals surface area (Å²) in [6.07, 6.45) is 2.30. The summed E-state index contributed by atoms with van der Waals surface area (Å²) in [6, 6.07) is 15.3.